The van der Waals surface area contributed by atoms with Crippen LogP contribution in [0.25, 0.3) is 0 Å². The lowest BCUT2D eigenvalue weighted by Gasteiger charge is -2.09. The van der Waals surface area contributed by atoms with Crippen LogP contribution in [0.4, 0.5) is 0 Å². The molecule has 1 amide bonds. The molecule has 2 rings (SSSR count). The fourth-order valence-electron chi connectivity index (χ4n) is 2.13. The highest BCUT2D eigenvalue weighted by Crippen LogP contribution is 2.14. The van der Waals surface area contributed by atoms with Crippen LogP contribution in [-0.2, 0) is 22.1 Å². The lowest BCUT2D eigenvalue weighted by Crippen LogP contribution is -2.23. The molecule has 0 aliphatic carbocycles. The van der Waals surface area contributed by atoms with Gasteiger partial charge in [-0.05, 0) is 23.8 Å². The molecule has 1 aromatic heterocycles. The van der Waals surface area contributed by atoms with Crippen molar-refractivity contribution in [3.05, 3.63) is 59.3 Å². The molecule has 0 atom stereocenters. The van der Waals surface area contributed by atoms with Crippen molar-refractivity contribution in [1.82, 2.24) is 10.3 Å². The molecule has 122 valence electrons. The normalized spacial score (nSPS) is 11.0. The van der Waals surface area contributed by atoms with E-state index in [0.29, 0.717) is 17.0 Å². The van der Waals surface area contributed by atoms with E-state index in [4.69, 9.17) is 4.74 Å². The first-order valence-electron chi connectivity index (χ1n) is 6.92. The minimum Gasteiger partial charge on any atom is -0.481 e. The summed E-state index contributed by atoms with van der Waals surface area (Å²) in [5.74, 6) is 0.0785. The van der Waals surface area contributed by atoms with Crippen LogP contribution in [0.1, 0.15) is 21.5 Å². The monoisotopic (exact) mass is 334 g/mol. The number of hydrogen-bond acceptors (Lipinski definition) is 5. The minimum atomic E-state index is -3.14. The smallest absolute Gasteiger partial charge is 0.251 e. The summed E-state index contributed by atoms with van der Waals surface area (Å²) in [4.78, 5) is 16.3. The Kier molecular flexibility index (Phi) is 5.33. The van der Waals surface area contributed by atoms with Crippen molar-refractivity contribution in [3.8, 4) is 5.88 Å². The Bertz CT molecular complexity index is 803. The average Bonchev–Trinajstić information content (AvgIpc) is 2.51. The number of amides is 1. The molecule has 0 unspecified atom stereocenters. The molecule has 0 aliphatic rings. The van der Waals surface area contributed by atoms with Crippen molar-refractivity contribution in [3.63, 3.8) is 0 Å². The third-order valence-electron chi connectivity index (χ3n) is 3.10. The summed E-state index contributed by atoms with van der Waals surface area (Å²) >= 11 is 0. The molecule has 0 spiro atoms. The molecule has 0 saturated carbocycles. The van der Waals surface area contributed by atoms with Crippen LogP contribution in [-0.4, -0.2) is 32.7 Å². The topological polar surface area (TPSA) is 85.4 Å². The first-order valence-corrected chi connectivity index (χ1v) is 8.98. The van der Waals surface area contributed by atoms with Gasteiger partial charge in [0.05, 0.1) is 12.9 Å². The van der Waals surface area contributed by atoms with Gasteiger partial charge in [-0.25, -0.2) is 13.4 Å². The second-order valence-corrected chi connectivity index (χ2v) is 7.27. The second kappa shape index (κ2) is 7.23. The number of ether oxygens (including phenoxy) is 1. The maximum atomic E-state index is 12.2. The van der Waals surface area contributed by atoms with E-state index in [-0.39, 0.29) is 18.2 Å². The van der Waals surface area contributed by atoms with Crippen LogP contribution >= 0.6 is 0 Å². The van der Waals surface area contributed by atoms with Crippen LogP contribution < -0.4 is 10.1 Å². The molecule has 0 bridgehead atoms. The average molecular weight is 334 g/mol. The SMILES string of the molecule is COc1ncccc1CNC(=O)c1cccc(CS(C)(=O)=O)c1. The molecule has 0 radical (unpaired) electrons. The predicted molar refractivity (Wildman–Crippen MR) is 86.9 cm³/mol. The van der Waals surface area contributed by atoms with Crippen molar-refractivity contribution in [1.29, 1.82) is 0 Å². The number of nitrogens with zero attached hydrogens (tertiary/aromatic N) is 1. The van der Waals surface area contributed by atoms with Gasteiger partial charge in [0.25, 0.3) is 5.91 Å². The summed E-state index contributed by atoms with van der Waals surface area (Å²) in [5.41, 5.74) is 1.75. The Morgan fingerprint density at radius 3 is 2.74 bits per heavy atom. The quantitative estimate of drug-likeness (QED) is 0.866. The molecule has 23 heavy (non-hydrogen) atoms. The number of carbonyl (C=O) groups is 1. The van der Waals surface area contributed by atoms with Crippen molar-refractivity contribution in [2.45, 2.75) is 12.3 Å². The van der Waals surface area contributed by atoms with E-state index >= 15 is 0 Å². The van der Waals surface area contributed by atoms with Gasteiger partial charge in [0.15, 0.2) is 9.84 Å². The van der Waals surface area contributed by atoms with Crippen molar-refractivity contribution >= 4 is 15.7 Å². The maximum Gasteiger partial charge on any atom is 0.251 e. The van der Waals surface area contributed by atoms with Gasteiger partial charge in [-0.2, -0.15) is 0 Å². The van der Waals surface area contributed by atoms with Crippen LogP contribution in [0.3, 0.4) is 0 Å². The van der Waals surface area contributed by atoms with E-state index in [1.54, 1.807) is 36.5 Å². The van der Waals surface area contributed by atoms with Crippen LogP contribution in [0, 0.1) is 0 Å². The highest BCUT2D eigenvalue weighted by molar-refractivity contribution is 7.89. The summed E-state index contributed by atoms with van der Waals surface area (Å²) in [7, 11) is -1.62. The number of carbonyl (C=O) groups excluding carboxylic acids is 1. The zero-order chi connectivity index (χ0) is 16.9. The molecular weight excluding hydrogens is 316 g/mol. The van der Waals surface area contributed by atoms with Gasteiger partial charge in [0, 0.05) is 30.1 Å². The number of nitrogens with one attached hydrogen (secondary N) is 1. The van der Waals surface area contributed by atoms with Gasteiger partial charge in [-0.1, -0.05) is 18.2 Å². The zero-order valence-corrected chi connectivity index (χ0v) is 13.8. The summed E-state index contributed by atoms with van der Waals surface area (Å²) in [5, 5.41) is 2.77. The number of aromatic nitrogens is 1. The Morgan fingerprint density at radius 1 is 1.26 bits per heavy atom. The number of rotatable bonds is 6. The van der Waals surface area contributed by atoms with Crippen LogP contribution in [0.2, 0.25) is 0 Å². The molecule has 0 fully saturated rings. The summed E-state index contributed by atoms with van der Waals surface area (Å²) in [6.07, 6.45) is 2.77. The lowest BCUT2D eigenvalue weighted by molar-refractivity contribution is 0.0950. The Hall–Kier alpha value is -2.41. The Labute approximate surface area is 135 Å². The van der Waals surface area contributed by atoms with E-state index in [2.05, 4.69) is 10.3 Å². The first-order chi connectivity index (χ1) is 10.9. The highest BCUT2D eigenvalue weighted by atomic mass is 32.2. The van der Waals surface area contributed by atoms with Gasteiger partial charge < -0.3 is 10.1 Å². The summed E-state index contributed by atoms with van der Waals surface area (Å²) in [6, 6.07) is 10.1. The fourth-order valence-corrected chi connectivity index (χ4v) is 2.91. The lowest BCUT2D eigenvalue weighted by atomic mass is 10.1. The zero-order valence-electron chi connectivity index (χ0n) is 12.9. The third-order valence-corrected chi connectivity index (χ3v) is 3.96. The molecule has 2 aromatic rings. The molecule has 7 heteroatoms. The standard InChI is InChI=1S/C16H18N2O4S/c1-22-16-14(7-4-8-17-16)10-18-15(19)13-6-3-5-12(9-13)11-23(2,20)21/h3-9H,10-11H2,1-2H3,(H,18,19). The van der Waals surface area contributed by atoms with Gasteiger partial charge in [0.2, 0.25) is 5.88 Å². The predicted octanol–water partition coefficient (Wildman–Crippen LogP) is 1.56. The number of pyridine rings is 1. The fraction of sp³-hybridized carbons (Fsp3) is 0.250. The van der Waals surface area contributed by atoms with Crippen LogP contribution in [0.15, 0.2) is 42.6 Å². The number of sulfone groups is 1. The van der Waals surface area contributed by atoms with Gasteiger partial charge in [-0.3, -0.25) is 4.79 Å². The first kappa shape index (κ1) is 17.0. The van der Waals surface area contributed by atoms with Crippen molar-refractivity contribution < 1.29 is 17.9 Å². The van der Waals surface area contributed by atoms with E-state index in [0.717, 1.165) is 11.8 Å². The van der Waals surface area contributed by atoms with Crippen molar-refractivity contribution in [2.75, 3.05) is 13.4 Å². The van der Waals surface area contributed by atoms with E-state index in [1.807, 2.05) is 6.07 Å². The number of hydrogen-bond donors (Lipinski definition) is 1. The third kappa shape index (κ3) is 5.07. The second-order valence-electron chi connectivity index (χ2n) is 5.12. The molecule has 0 aliphatic heterocycles. The molecule has 6 nitrogen and oxygen atoms in total. The Morgan fingerprint density at radius 2 is 2.04 bits per heavy atom. The van der Waals surface area contributed by atoms with E-state index in [1.165, 1.54) is 7.11 Å². The Balaban J connectivity index is 2.08. The maximum absolute atomic E-state index is 12.2. The van der Waals surface area contributed by atoms with E-state index in [9.17, 15) is 13.2 Å². The molecular formula is C16H18N2O4S. The van der Waals surface area contributed by atoms with Gasteiger partial charge in [0.1, 0.15) is 0 Å². The summed E-state index contributed by atoms with van der Waals surface area (Å²) in [6.45, 7) is 0.270. The van der Waals surface area contributed by atoms with Crippen LogP contribution in [0.5, 0.6) is 5.88 Å². The number of benzene rings is 1. The number of methoxy groups -OCH3 is 1. The highest BCUT2D eigenvalue weighted by Gasteiger charge is 2.10. The van der Waals surface area contributed by atoms with E-state index < -0.39 is 9.84 Å². The molecule has 1 aromatic carbocycles. The molecule has 0 saturated heterocycles. The van der Waals surface area contributed by atoms with Crippen molar-refractivity contribution in [2.24, 2.45) is 0 Å². The largest absolute Gasteiger partial charge is 0.481 e. The molecule has 1 heterocycles. The molecule has 1 N–H and O–H groups in total. The van der Waals surface area contributed by atoms with Gasteiger partial charge >= 0.3 is 0 Å². The van der Waals surface area contributed by atoms with Gasteiger partial charge in [-0.15, -0.1) is 0 Å². The minimum absolute atomic E-state index is 0.0927. The summed E-state index contributed by atoms with van der Waals surface area (Å²) < 4.78 is 27.8.